The van der Waals surface area contributed by atoms with Gasteiger partial charge < -0.3 is 9.47 Å². The second kappa shape index (κ2) is 8.68. The van der Waals surface area contributed by atoms with E-state index in [0.717, 1.165) is 49.7 Å². The van der Waals surface area contributed by atoms with Crippen LogP contribution in [0.5, 0.6) is 11.5 Å². The fourth-order valence-electron chi connectivity index (χ4n) is 7.56. The summed E-state index contributed by atoms with van der Waals surface area (Å²) in [6.07, 6.45) is 0. The molecule has 6 aromatic rings. The Morgan fingerprint density at radius 2 is 1.07 bits per heavy atom. The Morgan fingerprint density at radius 1 is 0.500 bits per heavy atom. The van der Waals surface area contributed by atoms with E-state index >= 15 is 4.79 Å². The van der Waals surface area contributed by atoms with E-state index < -0.39 is 0 Å². The van der Waals surface area contributed by atoms with Crippen LogP contribution in [0.15, 0.2) is 145 Å². The number of rotatable bonds is 2. The fraction of sp³-hybridized carbons (Fsp3) is 0. The van der Waals surface area contributed by atoms with Gasteiger partial charge in [-0.15, -0.1) is 0 Å². The Bertz CT molecular complexity index is 2240. The monoisotopic (exact) mass is 564 g/mol. The van der Waals surface area contributed by atoms with E-state index in [9.17, 15) is 0 Å². The molecule has 0 radical (unpaired) electrons. The van der Waals surface area contributed by atoms with Crippen molar-refractivity contribution in [3.8, 4) is 11.5 Å². The van der Waals surface area contributed by atoms with Crippen LogP contribution in [0.2, 0.25) is 0 Å². The van der Waals surface area contributed by atoms with E-state index in [1.165, 1.54) is 5.46 Å². The highest BCUT2D eigenvalue weighted by Gasteiger charge is 2.51. The molecule has 0 saturated carbocycles. The number of hydrogen-bond donors (Lipinski definition) is 0. The molecule has 4 aliphatic rings. The van der Waals surface area contributed by atoms with E-state index in [4.69, 9.17) is 9.47 Å². The number of anilines is 3. The summed E-state index contributed by atoms with van der Waals surface area (Å²) in [4.78, 5) is 18.7. The molecular formula is C37H22B2N2O3. The van der Waals surface area contributed by atoms with Crippen molar-refractivity contribution in [1.29, 1.82) is 0 Å². The Morgan fingerprint density at radius 3 is 1.80 bits per heavy atom. The van der Waals surface area contributed by atoms with Crippen molar-refractivity contribution >= 4 is 74.6 Å². The largest absolute Gasteiger partial charge is 0.462 e. The first-order valence-corrected chi connectivity index (χ1v) is 14.9. The standard InChI is InChI=1S/C37H22B2N2O3/c42-37-40-29-16-8-7-15-26(29)38(24-11-3-1-4-12-24)27-21-19-23-20-22-28-34(32(23)33(27)40)41(37)36-35(39(28)25-13-5-2-6-14-25)43-30-17-9-10-18-31(30)44-36/h1-22H. The topological polar surface area (TPSA) is 42.0 Å². The Labute approximate surface area is 254 Å². The lowest BCUT2D eigenvalue weighted by molar-refractivity contribution is 0.246. The van der Waals surface area contributed by atoms with Crippen molar-refractivity contribution in [2.75, 3.05) is 9.80 Å². The zero-order chi connectivity index (χ0) is 28.9. The van der Waals surface area contributed by atoms with Crippen molar-refractivity contribution in [2.24, 2.45) is 0 Å². The normalized spacial score (nSPS) is 15.4. The van der Waals surface area contributed by atoms with Gasteiger partial charge in [0, 0.05) is 11.1 Å². The van der Waals surface area contributed by atoms with Gasteiger partial charge in [0.1, 0.15) is 5.66 Å². The van der Waals surface area contributed by atoms with Crippen LogP contribution in [0.1, 0.15) is 0 Å². The number of amides is 2. The second-order valence-corrected chi connectivity index (χ2v) is 11.6. The molecule has 4 aliphatic heterocycles. The summed E-state index contributed by atoms with van der Waals surface area (Å²) < 4.78 is 13.3. The lowest BCUT2D eigenvalue weighted by atomic mass is 9.34. The number of para-hydroxylation sites is 3. The van der Waals surface area contributed by atoms with Crippen LogP contribution >= 0.6 is 0 Å². The van der Waals surface area contributed by atoms with Crippen LogP contribution in [0.25, 0.3) is 10.8 Å². The van der Waals surface area contributed by atoms with E-state index in [0.29, 0.717) is 23.0 Å². The highest BCUT2D eigenvalue weighted by Crippen LogP contribution is 2.49. The predicted octanol–water partition coefficient (Wildman–Crippen LogP) is 4.55. The van der Waals surface area contributed by atoms with E-state index in [1.54, 1.807) is 4.90 Å². The van der Waals surface area contributed by atoms with Crippen LogP contribution in [0, 0.1) is 0 Å². The Hall–Kier alpha value is -5.68. The summed E-state index contributed by atoms with van der Waals surface area (Å²) in [5.74, 6) is 1.64. The summed E-state index contributed by atoms with van der Waals surface area (Å²) >= 11 is 0. The molecule has 6 aromatic carbocycles. The lowest BCUT2D eigenvalue weighted by Gasteiger charge is -2.46. The van der Waals surface area contributed by atoms with Crippen molar-refractivity contribution < 1.29 is 14.3 Å². The zero-order valence-corrected chi connectivity index (χ0v) is 23.5. The highest BCUT2D eigenvalue weighted by atomic mass is 16.6. The van der Waals surface area contributed by atoms with Crippen molar-refractivity contribution in [1.82, 2.24) is 0 Å². The molecule has 0 spiro atoms. The van der Waals surface area contributed by atoms with Gasteiger partial charge in [0.2, 0.25) is 12.6 Å². The van der Waals surface area contributed by atoms with Gasteiger partial charge >= 0.3 is 6.03 Å². The maximum Gasteiger partial charge on any atom is 0.340 e. The lowest BCUT2D eigenvalue weighted by Crippen LogP contribution is -2.63. The molecule has 44 heavy (non-hydrogen) atoms. The second-order valence-electron chi connectivity index (χ2n) is 11.6. The minimum atomic E-state index is -0.258. The molecule has 10 rings (SSSR count). The van der Waals surface area contributed by atoms with Crippen LogP contribution in [0.4, 0.5) is 21.9 Å². The summed E-state index contributed by atoms with van der Waals surface area (Å²) in [6.45, 7) is -0.270. The van der Waals surface area contributed by atoms with Gasteiger partial charge in [-0.25, -0.2) is 9.69 Å². The molecule has 4 heterocycles. The van der Waals surface area contributed by atoms with Crippen LogP contribution in [-0.4, -0.2) is 19.5 Å². The molecule has 0 atom stereocenters. The van der Waals surface area contributed by atoms with Gasteiger partial charge in [0.25, 0.3) is 6.71 Å². The first-order chi connectivity index (χ1) is 21.8. The number of urea groups is 1. The quantitative estimate of drug-likeness (QED) is 0.290. The number of nitrogens with zero attached hydrogens (tertiary/aromatic N) is 2. The summed E-state index contributed by atoms with van der Waals surface area (Å²) in [5.41, 5.74) is 8.80. The van der Waals surface area contributed by atoms with Crippen LogP contribution in [-0.2, 0) is 0 Å². The molecule has 0 saturated heterocycles. The number of ether oxygens (including phenoxy) is 2. The molecule has 2 amide bonds. The molecule has 0 fully saturated rings. The summed E-state index contributed by atoms with van der Waals surface area (Å²) in [5, 5.41) is 2.12. The molecule has 0 aliphatic carbocycles. The molecule has 204 valence electrons. The van der Waals surface area contributed by atoms with Gasteiger partial charge in [-0.3, -0.25) is 4.90 Å². The van der Waals surface area contributed by atoms with Gasteiger partial charge in [-0.1, -0.05) is 126 Å². The minimum absolute atomic E-state index is 0.0114. The maximum atomic E-state index is 15.1. The molecule has 7 heteroatoms. The fourth-order valence-corrected chi connectivity index (χ4v) is 7.56. The SMILES string of the molecule is O=C1N2C3=C(Oc4ccccc4O3)B(c3ccccc3)c3ccc4ccc5c(c4c32)N1c1ccccc1B5c1ccccc1. The first-order valence-electron chi connectivity index (χ1n) is 14.9. The Balaban J connectivity index is 1.32. The Kier molecular flexibility index (Phi) is 4.70. The molecular weight excluding hydrogens is 542 g/mol. The van der Waals surface area contributed by atoms with Crippen LogP contribution < -0.4 is 46.6 Å². The number of benzene rings is 6. The predicted molar refractivity (Wildman–Crippen MR) is 178 cm³/mol. The van der Waals surface area contributed by atoms with Gasteiger partial charge in [-0.05, 0) is 40.0 Å². The van der Waals surface area contributed by atoms with Gasteiger partial charge in [0.05, 0.1) is 11.4 Å². The van der Waals surface area contributed by atoms with Gasteiger partial charge in [-0.2, -0.15) is 0 Å². The van der Waals surface area contributed by atoms with Crippen molar-refractivity contribution in [3.63, 3.8) is 0 Å². The number of fused-ring (bicyclic) bond motifs is 4. The summed E-state index contributed by atoms with van der Waals surface area (Å²) in [6, 6.07) is 45.4. The number of carbonyl (C=O) groups is 1. The van der Waals surface area contributed by atoms with Crippen molar-refractivity contribution in [3.05, 3.63) is 145 Å². The summed E-state index contributed by atoms with van der Waals surface area (Å²) in [7, 11) is 0. The van der Waals surface area contributed by atoms with Crippen molar-refractivity contribution in [2.45, 2.75) is 0 Å². The van der Waals surface area contributed by atoms with Crippen LogP contribution in [0.3, 0.4) is 0 Å². The third-order valence-electron chi connectivity index (χ3n) is 9.35. The molecule has 0 N–H and O–H groups in total. The first kappa shape index (κ1) is 23.8. The number of carbonyl (C=O) groups excluding carboxylic acids is 1. The van der Waals surface area contributed by atoms with E-state index in [-0.39, 0.29) is 19.5 Å². The van der Waals surface area contributed by atoms with E-state index in [2.05, 4.69) is 78.9 Å². The smallest absolute Gasteiger partial charge is 0.340 e. The molecule has 0 bridgehead atoms. The zero-order valence-electron chi connectivity index (χ0n) is 23.5. The number of hydrogen-bond acceptors (Lipinski definition) is 3. The average molecular weight is 564 g/mol. The minimum Gasteiger partial charge on any atom is -0.462 e. The van der Waals surface area contributed by atoms with E-state index in [1.807, 2.05) is 59.5 Å². The molecule has 0 aromatic heterocycles. The maximum absolute atomic E-state index is 15.1. The third kappa shape index (κ3) is 3.03. The van der Waals surface area contributed by atoms with Gasteiger partial charge in [0.15, 0.2) is 11.5 Å². The average Bonchev–Trinajstić information content (AvgIpc) is 3.08. The highest BCUT2D eigenvalue weighted by molar-refractivity contribution is 6.98. The molecule has 0 unspecified atom stereocenters. The molecule has 5 nitrogen and oxygen atoms in total. The third-order valence-corrected chi connectivity index (χ3v) is 9.35.